The first kappa shape index (κ1) is 20.6. The number of hydrogen-bond donors (Lipinski definition) is 2. The summed E-state index contributed by atoms with van der Waals surface area (Å²) in [6, 6.07) is 7.49. The van der Waals surface area contributed by atoms with Crippen LogP contribution in [0.2, 0.25) is 0 Å². The van der Waals surface area contributed by atoms with Crippen LogP contribution in [-0.4, -0.2) is 61.6 Å². The largest absolute Gasteiger partial charge is 0.497 e. The Labute approximate surface area is 170 Å². The SMILES string of the molecule is COCCNC(=S)N(Cc1cc2cc(OC)ccc2[nH]c1=O)C[C@@H]1CCCO1. The monoisotopic (exact) mass is 405 g/mol. The lowest BCUT2D eigenvalue weighted by atomic mass is 10.1. The first-order chi connectivity index (χ1) is 13.6. The van der Waals surface area contributed by atoms with Gasteiger partial charge in [-0.1, -0.05) is 0 Å². The predicted octanol–water partition coefficient (Wildman–Crippen LogP) is 2.04. The van der Waals surface area contributed by atoms with Gasteiger partial charge in [0.05, 0.1) is 26.4 Å². The molecule has 152 valence electrons. The Bertz CT molecular complexity index is 864. The lowest BCUT2D eigenvalue weighted by molar-refractivity contribution is 0.0895. The van der Waals surface area contributed by atoms with E-state index in [2.05, 4.69) is 10.3 Å². The number of aromatic amines is 1. The molecule has 1 saturated heterocycles. The van der Waals surface area contributed by atoms with Gasteiger partial charge in [-0.25, -0.2) is 0 Å². The molecule has 8 heteroatoms. The van der Waals surface area contributed by atoms with E-state index < -0.39 is 0 Å². The minimum Gasteiger partial charge on any atom is -0.497 e. The van der Waals surface area contributed by atoms with Gasteiger partial charge in [0.1, 0.15) is 5.75 Å². The van der Waals surface area contributed by atoms with Gasteiger partial charge in [0.25, 0.3) is 5.56 Å². The van der Waals surface area contributed by atoms with Gasteiger partial charge < -0.3 is 29.4 Å². The number of aromatic nitrogens is 1. The molecular weight excluding hydrogens is 378 g/mol. The molecule has 1 atom stereocenters. The molecule has 7 nitrogen and oxygen atoms in total. The average Bonchev–Trinajstić information content (AvgIpc) is 3.21. The number of nitrogens with one attached hydrogen (secondary N) is 2. The molecule has 1 aromatic carbocycles. The van der Waals surface area contributed by atoms with E-state index in [1.54, 1.807) is 14.2 Å². The van der Waals surface area contributed by atoms with E-state index in [9.17, 15) is 4.79 Å². The van der Waals surface area contributed by atoms with Crippen molar-refractivity contribution in [2.24, 2.45) is 0 Å². The smallest absolute Gasteiger partial charge is 0.253 e. The molecule has 0 amide bonds. The van der Waals surface area contributed by atoms with Crippen LogP contribution in [0.25, 0.3) is 10.9 Å². The minimum atomic E-state index is -0.116. The number of H-pyrrole nitrogens is 1. The summed E-state index contributed by atoms with van der Waals surface area (Å²) in [4.78, 5) is 17.6. The van der Waals surface area contributed by atoms with Crippen LogP contribution in [0, 0.1) is 0 Å². The third-order valence-corrected chi connectivity index (χ3v) is 5.21. The molecule has 2 N–H and O–H groups in total. The van der Waals surface area contributed by atoms with Crippen LogP contribution in [0.15, 0.2) is 29.1 Å². The number of benzene rings is 1. The van der Waals surface area contributed by atoms with Crippen molar-refractivity contribution in [3.63, 3.8) is 0 Å². The lowest BCUT2D eigenvalue weighted by Crippen LogP contribution is -2.44. The van der Waals surface area contributed by atoms with Crippen molar-refractivity contribution in [3.05, 3.63) is 40.2 Å². The molecule has 1 aliphatic heterocycles. The van der Waals surface area contributed by atoms with Gasteiger partial charge in [0, 0.05) is 43.3 Å². The first-order valence-corrected chi connectivity index (χ1v) is 9.85. The molecule has 28 heavy (non-hydrogen) atoms. The number of fused-ring (bicyclic) bond motifs is 1. The topological polar surface area (TPSA) is 75.8 Å². The summed E-state index contributed by atoms with van der Waals surface area (Å²) in [6.07, 6.45) is 2.18. The third kappa shape index (κ3) is 5.21. The second kappa shape index (κ2) is 9.86. The van der Waals surface area contributed by atoms with Crippen LogP contribution in [0.5, 0.6) is 5.75 Å². The van der Waals surface area contributed by atoms with Crippen LogP contribution >= 0.6 is 12.2 Å². The molecule has 1 aliphatic rings. The van der Waals surface area contributed by atoms with E-state index >= 15 is 0 Å². The summed E-state index contributed by atoms with van der Waals surface area (Å²) in [5, 5.41) is 4.71. The fourth-order valence-corrected chi connectivity index (χ4v) is 3.55. The molecule has 0 bridgehead atoms. The summed E-state index contributed by atoms with van der Waals surface area (Å²) in [5.41, 5.74) is 1.31. The number of methoxy groups -OCH3 is 2. The van der Waals surface area contributed by atoms with Crippen molar-refractivity contribution in [2.45, 2.75) is 25.5 Å². The molecule has 2 aromatic rings. The average molecular weight is 406 g/mol. The highest BCUT2D eigenvalue weighted by atomic mass is 32.1. The number of ether oxygens (including phenoxy) is 3. The number of nitrogens with zero attached hydrogens (tertiary/aromatic N) is 1. The summed E-state index contributed by atoms with van der Waals surface area (Å²) in [5.74, 6) is 0.749. The van der Waals surface area contributed by atoms with Crippen LogP contribution in [0.1, 0.15) is 18.4 Å². The Morgan fingerprint density at radius 2 is 2.25 bits per heavy atom. The van der Waals surface area contributed by atoms with Crippen molar-refractivity contribution in [1.29, 1.82) is 0 Å². The molecule has 0 radical (unpaired) electrons. The van der Waals surface area contributed by atoms with E-state index in [-0.39, 0.29) is 11.7 Å². The molecule has 0 aliphatic carbocycles. The van der Waals surface area contributed by atoms with Gasteiger partial charge in [0.15, 0.2) is 5.11 Å². The Morgan fingerprint density at radius 3 is 2.96 bits per heavy atom. The third-order valence-electron chi connectivity index (χ3n) is 4.81. The molecule has 0 unspecified atom stereocenters. The highest BCUT2D eigenvalue weighted by Crippen LogP contribution is 2.20. The zero-order chi connectivity index (χ0) is 19.9. The van der Waals surface area contributed by atoms with Gasteiger partial charge in [0.2, 0.25) is 0 Å². The normalized spacial score (nSPS) is 16.3. The van der Waals surface area contributed by atoms with E-state index in [0.717, 1.165) is 36.1 Å². The minimum absolute atomic E-state index is 0.116. The number of thiocarbonyl (C=S) groups is 1. The van der Waals surface area contributed by atoms with E-state index in [4.69, 9.17) is 26.4 Å². The van der Waals surface area contributed by atoms with Crippen LogP contribution in [0.4, 0.5) is 0 Å². The Hall–Kier alpha value is -2.16. The lowest BCUT2D eigenvalue weighted by Gasteiger charge is -2.28. The maximum atomic E-state index is 12.6. The van der Waals surface area contributed by atoms with Gasteiger partial charge in [-0.15, -0.1) is 0 Å². The highest BCUT2D eigenvalue weighted by molar-refractivity contribution is 7.80. The van der Waals surface area contributed by atoms with Crippen LogP contribution < -0.4 is 15.6 Å². The maximum Gasteiger partial charge on any atom is 0.253 e. The van der Waals surface area contributed by atoms with Crippen LogP contribution in [0.3, 0.4) is 0 Å². The van der Waals surface area contributed by atoms with Gasteiger partial charge in [-0.05, 0) is 49.3 Å². The molecule has 2 heterocycles. The first-order valence-electron chi connectivity index (χ1n) is 9.44. The molecule has 0 spiro atoms. The van der Waals surface area contributed by atoms with Crippen molar-refractivity contribution < 1.29 is 14.2 Å². The Kier molecular flexibility index (Phi) is 7.24. The van der Waals surface area contributed by atoms with E-state index in [1.165, 1.54) is 0 Å². The summed E-state index contributed by atoms with van der Waals surface area (Å²) in [7, 11) is 3.28. The number of rotatable bonds is 8. The van der Waals surface area contributed by atoms with E-state index in [1.807, 2.05) is 29.2 Å². The molecule has 1 fully saturated rings. The van der Waals surface area contributed by atoms with Crippen molar-refractivity contribution in [1.82, 2.24) is 15.2 Å². The second-order valence-corrected chi connectivity index (χ2v) is 7.20. The number of pyridine rings is 1. The molecule has 3 rings (SSSR count). The standard InChI is InChI=1S/C20H27N3O4S/c1-25-9-7-21-20(28)23(13-17-4-3-8-27-17)12-15-10-14-11-16(26-2)5-6-18(14)22-19(15)24/h5-6,10-11,17H,3-4,7-9,12-13H2,1-2H3,(H,21,28)(H,22,24)/t17-/m0/s1. The zero-order valence-electron chi connectivity index (χ0n) is 16.3. The van der Waals surface area contributed by atoms with Crippen molar-refractivity contribution >= 4 is 28.2 Å². The van der Waals surface area contributed by atoms with Crippen LogP contribution in [-0.2, 0) is 16.0 Å². The predicted molar refractivity (Wildman–Crippen MR) is 113 cm³/mol. The van der Waals surface area contributed by atoms with Gasteiger partial charge >= 0.3 is 0 Å². The molecule has 1 aromatic heterocycles. The summed E-state index contributed by atoms with van der Waals surface area (Å²) < 4.78 is 16.1. The fourth-order valence-electron chi connectivity index (χ4n) is 3.31. The number of hydrogen-bond acceptors (Lipinski definition) is 5. The summed E-state index contributed by atoms with van der Waals surface area (Å²) >= 11 is 5.57. The molecular formula is C20H27N3O4S. The second-order valence-electron chi connectivity index (χ2n) is 6.82. The molecule has 0 saturated carbocycles. The fraction of sp³-hybridized carbons (Fsp3) is 0.500. The Morgan fingerprint density at radius 1 is 1.39 bits per heavy atom. The Balaban J connectivity index is 1.82. The van der Waals surface area contributed by atoms with Gasteiger partial charge in [-0.3, -0.25) is 4.79 Å². The highest BCUT2D eigenvalue weighted by Gasteiger charge is 2.22. The van der Waals surface area contributed by atoms with Crippen molar-refractivity contribution in [2.75, 3.05) is 40.5 Å². The quantitative estimate of drug-likeness (QED) is 0.514. The van der Waals surface area contributed by atoms with Crippen molar-refractivity contribution in [3.8, 4) is 5.75 Å². The maximum absolute atomic E-state index is 12.6. The van der Waals surface area contributed by atoms with E-state index in [0.29, 0.717) is 36.9 Å². The summed E-state index contributed by atoms with van der Waals surface area (Å²) in [6.45, 7) is 3.00. The zero-order valence-corrected chi connectivity index (χ0v) is 17.1. The van der Waals surface area contributed by atoms with Gasteiger partial charge in [-0.2, -0.15) is 0 Å².